The molecule has 2 N–H and O–H groups in total. The predicted octanol–water partition coefficient (Wildman–Crippen LogP) is 2.27. The summed E-state index contributed by atoms with van der Waals surface area (Å²) in [6, 6.07) is 5.65. The van der Waals surface area contributed by atoms with E-state index >= 15 is 0 Å². The molecular formula is C19H24N6O2S. The summed E-state index contributed by atoms with van der Waals surface area (Å²) in [6.45, 7) is 4.31. The van der Waals surface area contributed by atoms with E-state index < -0.39 is 0 Å². The van der Waals surface area contributed by atoms with Crippen LogP contribution in [0, 0.1) is 0 Å². The van der Waals surface area contributed by atoms with Crippen molar-refractivity contribution in [2.24, 2.45) is 0 Å². The minimum atomic E-state index is -0.0269. The van der Waals surface area contributed by atoms with Crippen molar-refractivity contribution >= 4 is 29.2 Å². The zero-order chi connectivity index (χ0) is 19.3. The number of rotatable bonds is 6. The Morgan fingerprint density at radius 2 is 2.04 bits per heavy atom. The molecule has 148 valence electrons. The number of anilines is 1. The van der Waals surface area contributed by atoms with Crippen LogP contribution in [-0.4, -0.2) is 71.0 Å². The van der Waals surface area contributed by atoms with Crippen LogP contribution in [0.2, 0.25) is 0 Å². The van der Waals surface area contributed by atoms with Crippen LogP contribution in [0.25, 0.3) is 10.6 Å². The number of piperidine rings is 1. The largest absolute Gasteiger partial charge is 0.352 e. The third kappa shape index (κ3) is 4.24. The van der Waals surface area contributed by atoms with E-state index in [0.29, 0.717) is 25.6 Å². The second kappa shape index (κ2) is 8.55. The zero-order valence-electron chi connectivity index (χ0n) is 15.7. The van der Waals surface area contributed by atoms with Gasteiger partial charge >= 0.3 is 6.03 Å². The molecule has 0 aromatic carbocycles. The molecule has 4 rings (SSSR count). The van der Waals surface area contributed by atoms with Gasteiger partial charge in [0.25, 0.3) is 5.91 Å². The number of likely N-dealkylation sites (tertiary alicyclic amines) is 1. The van der Waals surface area contributed by atoms with Crippen LogP contribution in [0.4, 0.5) is 10.7 Å². The molecule has 2 fully saturated rings. The number of hydrogen-bond donors (Lipinski definition) is 2. The fraction of sp³-hybridized carbons (Fsp3) is 0.474. The van der Waals surface area contributed by atoms with Crippen LogP contribution in [0.5, 0.6) is 0 Å². The highest BCUT2D eigenvalue weighted by Gasteiger charge is 2.20. The summed E-state index contributed by atoms with van der Waals surface area (Å²) in [6.07, 6.45) is 5.09. The fourth-order valence-corrected chi connectivity index (χ4v) is 4.40. The van der Waals surface area contributed by atoms with Gasteiger partial charge in [0.2, 0.25) is 5.95 Å². The van der Waals surface area contributed by atoms with Gasteiger partial charge in [0.05, 0.1) is 15.4 Å². The van der Waals surface area contributed by atoms with Crippen LogP contribution >= 0.6 is 11.3 Å². The molecule has 8 nitrogen and oxygen atoms in total. The standard InChI is InChI=1S/C19H24N6O2S/c26-17(24-10-2-1-3-11-24)16-5-4-15(28-16)14-6-7-20-18(23-14)21-8-12-25-13-9-22-19(25)27/h4-7H,1-3,8-13H2,(H,22,27)(H,20,21,23). The third-order valence-electron chi connectivity index (χ3n) is 4.98. The number of carbonyl (C=O) groups is 2. The number of urea groups is 1. The lowest BCUT2D eigenvalue weighted by molar-refractivity contribution is 0.0729. The molecule has 0 radical (unpaired) electrons. The summed E-state index contributed by atoms with van der Waals surface area (Å²) in [5, 5.41) is 5.95. The second-order valence-corrected chi connectivity index (χ2v) is 8.01. The smallest absolute Gasteiger partial charge is 0.317 e. The highest BCUT2D eigenvalue weighted by Crippen LogP contribution is 2.28. The molecule has 4 heterocycles. The molecule has 2 aliphatic heterocycles. The maximum absolute atomic E-state index is 12.7. The van der Waals surface area contributed by atoms with E-state index in [-0.39, 0.29) is 11.9 Å². The average Bonchev–Trinajstić information content (AvgIpc) is 3.38. The molecule has 0 saturated carbocycles. The molecule has 0 aliphatic carbocycles. The maximum Gasteiger partial charge on any atom is 0.317 e. The number of thiophene rings is 1. The summed E-state index contributed by atoms with van der Waals surface area (Å²) in [5.41, 5.74) is 0.791. The number of nitrogens with zero attached hydrogens (tertiary/aromatic N) is 4. The Morgan fingerprint density at radius 1 is 1.18 bits per heavy atom. The third-order valence-corrected chi connectivity index (χ3v) is 6.07. The summed E-state index contributed by atoms with van der Waals surface area (Å²) in [7, 11) is 0. The molecular weight excluding hydrogens is 376 g/mol. The molecule has 28 heavy (non-hydrogen) atoms. The van der Waals surface area contributed by atoms with Gasteiger partial charge in [-0.25, -0.2) is 14.8 Å². The number of nitrogens with one attached hydrogen (secondary N) is 2. The molecule has 0 atom stereocenters. The van der Waals surface area contributed by atoms with Crippen LogP contribution in [0.3, 0.4) is 0 Å². The van der Waals surface area contributed by atoms with E-state index in [9.17, 15) is 9.59 Å². The number of carbonyl (C=O) groups excluding carboxylic acids is 2. The Labute approximate surface area is 168 Å². The van der Waals surface area contributed by atoms with Crippen molar-refractivity contribution in [1.29, 1.82) is 0 Å². The predicted molar refractivity (Wildman–Crippen MR) is 109 cm³/mol. The molecule has 0 bridgehead atoms. The summed E-state index contributed by atoms with van der Waals surface area (Å²) < 4.78 is 0. The Bertz CT molecular complexity index is 848. The van der Waals surface area contributed by atoms with Gasteiger partial charge in [-0.05, 0) is 37.5 Å². The van der Waals surface area contributed by atoms with Gasteiger partial charge in [-0.1, -0.05) is 0 Å². The number of amides is 3. The molecule has 0 unspecified atom stereocenters. The van der Waals surface area contributed by atoms with Crippen molar-refractivity contribution in [3.63, 3.8) is 0 Å². The van der Waals surface area contributed by atoms with Crippen molar-refractivity contribution in [2.75, 3.05) is 44.6 Å². The van der Waals surface area contributed by atoms with E-state index in [1.165, 1.54) is 17.8 Å². The van der Waals surface area contributed by atoms with E-state index in [1.807, 2.05) is 23.1 Å². The van der Waals surface area contributed by atoms with Gasteiger partial charge in [0, 0.05) is 45.5 Å². The van der Waals surface area contributed by atoms with Crippen molar-refractivity contribution in [1.82, 2.24) is 25.1 Å². The molecule has 2 saturated heterocycles. The van der Waals surface area contributed by atoms with Crippen LogP contribution in [0.15, 0.2) is 24.4 Å². The summed E-state index contributed by atoms with van der Waals surface area (Å²) in [4.78, 5) is 38.4. The van der Waals surface area contributed by atoms with E-state index in [2.05, 4.69) is 20.6 Å². The molecule has 3 amide bonds. The van der Waals surface area contributed by atoms with Gasteiger partial charge in [0.1, 0.15) is 0 Å². The van der Waals surface area contributed by atoms with Crippen molar-refractivity contribution in [2.45, 2.75) is 19.3 Å². The lowest BCUT2D eigenvalue weighted by atomic mass is 10.1. The first-order chi connectivity index (χ1) is 13.7. The molecule has 2 aromatic heterocycles. The van der Waals surface area contributed by atoms with Crippen LogP contribution < -0.4 is 10.6 Å². The quantitative estimate of drug-likeness (QED) is 0.776. The van der Waals surface area contributed by atoms with Gasteiger partial charge in [0.15, 0.2) is 0 Å². The van der Waals surface area contributed by atoms with E-state index in [0.717, 1.165) is 47.9 Å². The highest BCUT2D eigenvalue weighted by atomic mass is 32.1. The lowest BCUT2D eigenvalue weighted by Gasteiger charge is -2.26. The lowest BCUT2D eigenvalue weighted by Crippen LogP contribution is -2.35. The summed E-state index contributed by atoms with van der Waals surface area (Å²) >= 11 is 1.47. The number of hydrogen-bond acceptors (Lipinski definition) is 6. The van der Waals surface area contributed by atoms with E-state index in [1.54, 1.807) is 11.1 Å². The Kier molecular flexibility index (Phi) is 5.70. The van der Waals surface area contributed by atoms with Gasteiger partial charge in [-0.15, -0.1) is 11.3 Å². The molecule has 2 aliphatic rings. The first-order valence-electron chi connectivity index (χ1n) is 9.70. The topological polar surface area (TPSA) is 90.5 Å². The SMILES string of the molecule is O=C1NCCN1CCNc1nccc(-c2ccc(C(=O)N3CCCCC3)s2)n1. The molecule has 2 aromatic rings. The second-order valence-electron chi connectivity index (χ2n) is 6.93. The minimum Gasteiger partial charge on any atom is -0.352 e. The van der Waals surface area contributed by atoms with Crippen LogP contribution in [-0.2, 0) is 0 Å². The van der Waals surface area contributed by atoms with Gasteiger partial charge < -0.3 is 20.4 Å². The fourth-order valence-electron chi connectivity index (χ4n) is 3.45. The van der Waals surface area contributed by atoms with Crippen LogP contribution in [0.1, 0.15) is 28.9 Å². The Morgan fingerprint density at radius 3 is 2.82 bits per heavy atom. The first-order valence-corrected chi connectivity index (χ1v) is 10.5. The number of aromatic nitrogens is 2. The average molecular weight is 401 g/mol. The van der Waals surface area contributed by atoms with E-state index in [4.69, 9.17) is 0 Å². The maximum atomic E-state index is 12.7. The Balaban J connectivity index is 1.38. The summed E-state index contributed by atoms with van der Waals surface area (Å²) in [5.74, 6) is 0.640. The zero-order valence-corrected chi connectivity index (χ0v) is 16.5. The highest BCUT2D eigenvalue weighted by molar-refractivity contribution is 7.17. The normalized spacial score (nSPS) is 16.9. The van der Waals surface area contributed by atoms with Crippen molar-refractivity contribution < 1.29 is 9.59 Å². The van der Waals surface area contributed by atoms with Gasteiger partial charge in [-0.3, -0.25) is 4.79 Å². The molecule has 9 heteroatoms. The molecule has 0 spiro atoms. The van der Waals surface area contributed by atoms with Crippen molar-refractivity contribution in [3.05, 3.63) is 29.3 Å². The Hall–Kier alpha value is -2.68. The monoisotopic (exact) mass is 400 g/mol. The minimum absolute atomic E-state index is 0.0269. The first kappa shape index (κ1) is 18.7. The van der Waals surface area contributed by atoms with Crippen molar-refractivity contribution in [3.8, 4) is 10.6 Å². The van der Waals surface area contributed by atoms with Gasteiger partial charge in [-0.2, -0.15) is 0 Å².